The molecule has 0 saturated carbocycles. The number of benzene rings is 1. The van der Waals surface area contributed by atoms with Crippen molar-refractivity contribution in [2.24, 2.45) is 5.92 Å². The molecule has 1 fully saturated rings. The molecule has 3 rings (SSSR count). The van der Waals surface area contributed by atoms with Gasteiger partial charge < -0.3 is 10.1 Å². The van der Waals surface area contributed by atoms with Crippen LogP contribution in [0.2, 0.25) is 0 Å². The Morgan fingerprint density at radius 3 is 2.95 bits per heavy atom. The van der Waals surface area contributed by atoms with E-state index in [2.05, 4.69) is 63.9 Å². The van der Waals surface area contributed by atoms with Gasteiger partial charge in [0.2, 0.25) is 0 Å². The van der Waals surface area contributed by atoms with Gasteiger partial charge in [0.05, 0.1) is 17.7 Å². The zero-order valence-corrected chi connectivity index (χ0v) is 13.8. The van der Waals surface area contributed by atoms with Crippen LogP contribution in [-0.4, -0.2) is 28.7 Å². The summed E-state index contributed by atoms with van der Waals surface area (Å²) < 4.78 is 6.99. The summed E-state index contributed by atoms with van der Waals surface area (Å²) in [6.45, 7) is 5.18. The lowest BCUT2D eigenvalue weighted by atomic mass is 10.0. The molecule has 0 bridgehead atoms. The Morgan fingerprint density at radius 1 is 1.35 bits per heavy atom. The van der Waals surface area contributed by atoms with Crippen LogP contribution in [-0.2, 0) is 4.74 Å². The number of anilines is 1. The first kappa shape index (κ1) is 14.0. The van der Waals surface area contributed by atoms with E-state index >= 15 is 0 Å². The molecule has 1 aromatic carbocycles. The highest BCUT2D eigenvalue weighted by Gasteiger charge is 2.29. The second-order valence-electron chi connectivity index (χ2n) is 5.41. The Hall–Kier alpha value is -0.950. The van der Waals surface area contributed by atoms with Crippen molar-refractivity contribution in [3.05, 3.63) is 28.1 Å². The number of rotatable bonds is 3. The summed E-state index contributed by atoms with van der Waals surface area (Å²) in [5, 5.41) is 4.56. The molecule has 0 aliphatic carbocycles. The molecular weight excluding hydrogens is 365 g/mol. The maximum atomic E-state index is 5.79. The fourth-order valence-electron chi connectivity index (χ4n) is 2.80. The van der Waals surface area contributed by atoms with E-state index in [-0.39, 0.29) is 0 Å². The third-order valence-electron chi connectivity index (χ3n) is 3.87. The standard InChI is InChI=1S/C15H18IN3O/c1-9-5-11(10(2)20-9)7-17-15-13-6-12(16)3-4-14(13)18-8-19-15/h3-4,6,8-11H,5,7H2,1-2H3,(H,17,18,19). The van der Waals surface area contributed by atoms with Gasteiger partial charge in [0.15, 0.2) is 0 Å². The summed E-state index contributed by atoms with van der Waals surface area (Å²) in [7, 11) is 0. The molecule has 5 heteroatoms. The maximum Gasteiger partial charge on any atom is 0.137 e. The van der Waals surface area contributed by atoms with Gasteiger partial charge in [0.25, 0.3) is 0 Å². The number of nitrogens with zero attached hydrogens (tertiary/aromatic N) is 2. The van der Waals surface area contributed by atoms with Crippen LogP contribution in [0.4, 0.5) is 5.82 Å². The largest absolute Gasteiger partial charge is 0.375 e. The summed E-state index contributed by atoms with van der Waals surface area (Å²) in [6, 6.07) is 6.22. The molecule has 0 spiro atoms. The van der Waals surface area contributed by atoms with Gasteiger partial charge in [-0.25, -0.2) is 9.97 Å². The van der Waals surface area contributed by atoms with E-state index in [0.717, 1.165) is 29.7 Å². The Morgan fingerprint density at radius 2 is 2.20 bits per heavy atom. The van der Waals surface area contributed by atoms with Crippen LogP contribution in [0.1, 0.15) is 20.3 Å². The fraction of sp³-hybridized carbons (Fsp3) is 0.467. The molecule has 1 aliphatic rings. The minimum atomic E-state index is 0.311. The Bertz CT molecular complexity index is 619. The van der Waals surface area contributed by atoms with E-state index in [0.29, 0.717) is 18.1 Å². The second kappa shape index (κ2) is 5.81. The summed E-state index contributed by atoms with van der Waals surface area (Å²) in [6.07, 6.45) is 3.40. The maximum absolute atomic E-state index is 5.79. The predicted molar refractivity (Wildman–Crippen MR) is 88.9 cm³/mol. The van der Waals surface area contributed by atoms with Crippen LogP contribution in [0.25, 0.3) is 10.9 Å². The van der Waals surface area contributed by atoms with E-state index in [4.69, 9.17) is 4.74 Å². The third kappa shape index (κ3) is 2.88. The SMILES string of the molecule is CC1CC(CNc2ncnc3ccc(I)cc23)C(C)O1. The van der Waals surface area contributed by atoms with Crippen LogP contribution in [0.15, 0.2) is 24.5 Å². The second-order valence-corrected chi connectivity index (χ2v) is 6.66. The normalized spacial score (nSPS) is 26.1. The molecule has 1 aromatic heterocycles. The monoisotopic (exact) mass is 383 g/mol. The number of fused-ring (bicyclic) bond motifs is 1. The molecule has 3 unspecified atom stereocenters. The molecule has 0 radical (unpaired) electrons. The van der Waals surface area contributed by atoms with Gasteiger partial charge in [-0.1, -0.05) is 0 Å². The minimum absolute atomic E-state index is 0.311. The third-order valence-corrected chi connectivity index (χ3v) is 4.55. The predicted octanol–water partition coefficient (Wildman–Crippen LogP) is 3.46. The van der Waals surface area contributed by atoms with Gasteiger partial charge in [0, 0.05) is 21.4 Å². The van der Waals surface area contributed by atoms with Crippen LogP contribution in [0, 0.1) is 9.49 Å². The zero-order chi connectivity index (χ0) is 14.1. The summed E-state index contributed by atoms with van der Waals surface area (Å²) in [5.41, 5.74) is 0.979. The molecule has 0 amide bonds. The van der Waals surface area contributed by atoms with E-state index in [9.17, 15) is 0 Å². The van der Waals surface area contributed by atoms with Crippen molar-refractivity contribution in [3.8, 4) is 0 Å². The molecule has 3 atom stereocenters. The van der Waals surface area contributed by atoms with Crippen molar-refractivity contribution in [2.75, 3.05) is 11.9 Å². The Kier molecular flexibility index (Phi) is 4.07. The molecule has 1 aliphatic heterocycles. The number of aromatic nitrogens is 2. The van der Waals surface area contributed by atoms with Crippen molar-refractivity contribution in [2.45, 2.75) is 32.5 Å². The van der Waals surface area contributed by atoms with E-state index in [1.807, 2.05) is 6.07 Å². The Balaban J connectivity index is 1.79. The van der Waals surface area contributed by atoms with E-state index in [1.165, 1.54) is 3.57 Å². The van der Waals surface area contributed by atoms with Crippen LogP contribution in [0.5, 0.6) is 0 Å². The molecule has 1 saturated heterocycles. The molecule has 2 heterocycles. The number of nitrogens with one attached hydrogen (secondary N) is 1. The molecule has 4 nitrogen and oxygen atoms in total. The average Bonchev–Trinajstić information content (AvgIpc) is 2.74. The lowest BCUT2D eigenvalue weighted by Crippen LogP contribution is -2.21. The molecule has 1 N–H and O–H groups in total. The van der Waals surface area contributed by atoms with E-state index in [1.54, 1.807) is 6.33 Å². The smallest absolute Gasteiger partial charge is 0.137 e. The van der Waals surface area contributed by atoms with Gasteiger partial charge in [-0.3, -0.25) is 0 Å². The highest BCUT2D eigenvalue weighted by molar-refractivity contribution is 14.1. The summed E-state index contributed by atoms with van der Waals surface area (Å²) in [4.78, 5) is 8.70. The highest BCUT2D eigenvalue weighted by atomic mass is 127. The lowest BCUT2D eigenvalue weighted by Gasteiger charge is -2.15. The van der Waals surface area contributed by atoms with Gasteiger partial charge in [0.1, 0.15) is 12.1 Å². The lowest BCUT2D eigenvalue weighted by molar-refractivity contribution is 0.0574. The number of halogens is 1. The number of hydrogen-bond acceptors (Lipinski definition) is 4. The van der Waals surface area contributed by atoms with Crippen molar-refractivity contribution < 1.29 is 4.74 Å². The molecular formula is C15H18IN3O. The first-order chi connectivity index (χ1) is 9.63. The first-order valence-electron chi connectivity index (χ1n) is 6.93. The van der Waals surface area contributed by atoms with Gasteiger partial charge in [-0.2, -0.15) is 0 Å². The van der Waals surface area contributed by atoms with Gasteiger partial charge >= 0.3 is 0 Å². The van der Waals surface area contributed by atoms with Crippen molar-refractivity contribution in [3.63, 3.8) is 0 Å². The van der Waals surface area contributed by atoms with Crippen LogP contribution in [0.3, 0.4) is 0 Å². The van der Waals surface area contributed by atoms with Crippen LogP contribution >= 0.6 is 22.6 Å². The molecule has 20 heavy (non-hydrogen) atoms. The summed E-state index contributed by atoms with van der Waals surface area (Å²) >= 11 is 2.31. The fourth-order valence-corrected chi connectivity index (χ4v) is 3.29. The van der Waals surface area contributed by atoms with Crippen LogP contribution < -0.4 is 5.32 Å². The molecule has 2 aromatic rings. The van der Waals surface area contributed by atoms with Gasteiger partial charge in [-0.05, 0) is 61.1 Å². The minimum Gasteiger partial charge on any atom is -0.375 e. The number of hydrogen-bond donors (Lipinski definition) is 1. The van der Waals surface area contributed by atoms with Gasteiger partial charge in [-0.15, -0.1) is 0 Å². The van der Waals surface area contributed by atoms with Crippen molar-refractivity contribution in [1.29, 1.82) is 0 Å². The topological polar surface area (TPSA) is 47.0 Å². The quantitative estimate of drug-likeness (QED) is 0.825. The van der Waals surface area contributed by atoms with E-state index < -0.39 is 0 Å². The first-order valence-corrected chi connectivity index (χ1v) is 8.01. The molecule has 106 valence electrons. The Labute approximate surface area is 132 Å². The van der Waals surface area contributed by atoms with Crippen molar-refractivity contribution in [1.82, 2.24) is 9.97 Å². The summed E-state index contributed by atoms with van der Waals surface area (Å²) in [5.74, 6) is 1.46. The number of ether oxygens (including phenoxy) is 1. The highest BCUT2D eigenvalue weighted by Crippen LogP contribution is 2.27. The van der Waals surface area contributed by atoms with Crippen molar-refractivity contribution >= 4 is 39.3 Å². The zero-order valence-electron chi connectivity index (χ0n) is 11.6. The average molecular weight is 383 g/mol.